The van der Waals surface area contributed by atoms with Crippen molar-refractivity contribution in [1.29, 1.82) is 0 Å². The molecule has 2 heterocycles. The number of carbonyl (C=O) groups is 2. The fraction of sp³-hybridized carbons (Fsp3) is 0.292. The van der Waals surface area contributed by atoms with Gasteiger partial charge in [0.1, 0.15) is 12.4 Å². The van der Waals surface area contributed by atoms with Gasteiger partial charge in [0.05, 0.1) is 12.1 Å². The lowest BCUT2D eigenvalue weighted by Crippen LogP contribution is -2.34. The summed E-state index contributed by atoms with van der Waals surface area (Å²) in [5.74, 6) is 0.969. The van der Waals surface area contributed by atoms with Gasteiger partial charge < -0.3 is 15.4 Å². The van der Waals surface area contributed by atoms with E-state index in [4.69, 9.17) is 4.74 Å². The summed E-state index contributed by atoms with van der Waals surface area (Å²) in [5, 5.41) is 6.13. The first-order chi connectivity index (χ1) is 15.9. The molecule has 170 valence electrons. The number of nitrogens with one attached hydrogen (secondary N) is 2. The highest BCUT2D eigenvalue weighted by atomic mass is 16.6. The van der Waals surface area contributed by atoms with Gasteiger partial charge in [-0.25, -0.2) is 9.69 Å². The van der Waals surface area contributed by atoms with Gasteiger partial charge in [-0.1, -0.05) is 37.3 Å². The molecule has 9 heteroatoms. The molecule has 2 N–H and O–H groups in total. The van der Waals surface area contributed by atoms with E-state index >= 15 is 0 Å². The van der Waals surface area contributed by atoms with E-state index in [0.29, 0.717) is 23.9 Å². The van der Waals surface area contributed by atoms with Crippen LogP contribution in [0.1, 0.15) is 48.1 Å². The molecule has 9 nitrogen and oxygen atoms in total. The van der Waals surface area contributed by atoms with Crippen LogP contribution < -0.4 is 15.5 Å². The molecule has 1 fully saturated rings. The molecule has 33 heavy (non-hydrogen) atoms. The van der Waals surface area contributed by atoms with Gasteiger partial charge in [-0.2, -0.15) is 15.0 Å². The number of para-hydroxylation sites is 1. The van der Waals surface area contributed by atoms with Crippen LogP contribution in [0.3, 0.4) is 0 Å². The zero-order chi connectivity index (χ0) is 23.4. The largest absolute Gasteiger partial charge is 0.447 e. The van der Waals surface area contributed by atoms with Crippen LogP contribution >= 0.6 is 0 Å². The van der Waals surface area contributed by atoms with Gasteiger partial charge in [-0.3, -0.25) is 4.79 Å². The lowest BCUT2D eigenvalue weighted by molar-refractivity contribution is 0.102. The van der Waals surface area contributed by atoms with Crippen molar-refractivity contribution in [3.8, 4) is 0 Å². The third-order valence-electron chi connectivity index (χ3n) is 5.43. The van der Waals surface area contributed by atoms with Gasteiger partial charge in [0.2, 0.25) is 11.9 Å². The number of nitrogens with zero attached hydrogens (tertiary/aromatic N) is 4. The lowest BCUT2D eigenvalue weighted by Gasteiger charge is -2.20. The van der Waals surface area contributed by atoms with Gasteiger partial charge in [0.25, 0.3) is 5.91 Å². The standard InChI is InChI=1S/C24H26N6O3/c1-4-20-14-33-24(32)30(20)23-27-16(3)26-22(29-23)25-15(2)17-10-12-18(13-11-17)21(31)28-19-8-6-5-7-9-19/h5-13,15,20H,4,14H2,1-3H3,(H,28,31)(H,25,26,27,29)/t15?,20-/m0/s1. The molecule has 0 saturated carbocycles. The van der Waals surface area contributed by atoms with E-state index in [1.807, 2.05) is 56.3 Å². The summed E-state index contributed by atoms with van der Waals surface area (Å²) in [6.45, 7) is 6.03. The average molecular weight is 447 g/mol. The smallest absolute Gasteiger partial charge is 0.417 e. The van der Waals surface area contributed by atoms with Crippen LogP contribution in [0.4, 0.5) is 22.4 Å². The minimum atomic E-state index is -0.448. The van der Waals surface area contributed by atoms with Gasteiger partial charge in [0, 0.05) is 11.3 Å². The predicted molar refractivity (Wildman–Crippen MR) is 125 cm³/mol. The quantitative estimate of drug-likeness (QED) is 0.555. The molecule has 0 bridgehead atoms. The van der Waals surface area contributed by atoms with E-state index in [0.717, 1.165) is 17.7 Å². The summed E-state index contributed by atoms with van der Waals surface area (Å²) in [5.41, 5.74) is 2.26. The van der Waals surface area contributed by atoms with Crippen molar-refractivity contribution >= 4 is 29.6 Å². The zero-order valence-electron chi connectivity index (χ0n) is 18.8. The average Bonchev–Trinajstić information content (AvgIpc) is 3.20. The minimum Gasteiger partial charge on any atom is -0.447 e. The molecule has 2 atom stereocenters. The number of hydrogen-bond donors (Lipinski definition) is 2. The normalized spacial score (nSPS) is 16.3. The maximum Gasteiger partial charge on any atom is 0.417 e. The van der Waals surface area contributed by atoms with Gasteiger partial charge in [0.15, 0.2) is 0 Å². The molecule has 3 aromatic rings. The third-order valence-corrected chi connectivity index (χ3v) is 5.43. The van der Waals surface area contributed by atoms with E-state index in [9.17, 15) is 9.59 Å². The summed E-state index contributed by atoms with van der Waals surface area (Å²) >= 11 is 0. The Morgan fingerprint density at radius 3 is 2.55 bits per heavy atom. The second kappa shape index (κ2) is 9.64. The van der Waals surface area contributed by atoms with E-state index in [1.54, 1.807) is 19.1 Å². The van der Waals surface area contributed by atoms with Crippen molar-refractivity contribution < 1.29 is 14.3 Å². The Morgan fingerprint density at radius 1 is 1.12 bits per heavy atom. The van der Waals surface area contributed by atoms with Crippen LogP contribution in [0.25, 0.3) is 0 Å². The lowest BCUT2D eigenvalue weighted by atomic mass is 10.1. The van der Waals surface area contributed by atoms with Crippen molar-refractivity contribution in [2.45, 2.75) is 39.3 Å². The SMILES string of the molecule is CC[C@H]1COC(=O)N1c1nc(C)nc(NC(C)c2ccc(C(=O)Nc3ccccc3)cc2)n1. The van der Waals surface area contributed by atoms with Crippen molar-refractivity contribution in [3.05, 3.63) is 71.5 Å². The molecular formula is C24H26N6O3. The van der Waals surface area contributed by atoms with E-state index in [-0.39, 0.29) is 23.9 Å². The number of amides is 2. The molecule has 4 rings (SSSR count). The number of benzene rings is 2. The molecule has 1 aliphatic heterocycles. The topological polar surface area (TPSA) is 109 Å². The van der Waals surface area contributed by atoms with Gasteiger partial charge in [-0.15, -0.1) is 0 Å². The minimum absolute atomic E-state index is 0.0980. The van der Waals surface area contributed by atoms with Crippen molar-refractivity contribution in [1.82, 2.24) is 15.0 Å². The molecule has 0 aliphatic carbocycles. The number of anilines is 3. The molecule has 2 aromatic carbocycles. The molecule has 2 amide bonds. The van der Waals surface area contributed by atoms with E-state index in [2.05, 4.69) is 25.6 Å². The van der Waals surface area contributed by atoms with E-state index < -0.39 is 6.09 Å². The zero-order valence-corrected chi connectivity index (χ0v) is 18.8. The predicted octanol–water partition coefficient (Wildman–Crippen LogP) is 4.34. The van der Waals surface area contributed by atoms with Crippen LogP contribution in [0.2, 0.25) is 0 Å². The van der Waals surface area contributed by atoms with Crippen LogP contribution in [-0.4, -0.2) is 39.6 Å². The van der Waals surface area contributed by atoms with Gasteiger partial charge in [-0.05, 0) is 50.1 Å². The Labute approximate surface area is 192 Å². The summed E-state index contributed by atoms with van der Waals surface area (Å²) in [6.07, 6.45) is 0.288. The Morgan fingerprint density at radius 2 is 1.85 bits per heavy atom. The Kier molecular flexibility index (Phi) is 6.48. The van der Waals surface area contributed by atoms with E-state index in [1.165, 1.54) is 4.90 Å². The van der Waals surface area contributed by atoms with Crippen molar-refractivity contribution in [3.63, 3.8) is 0 Å². The summed E-state index contributed by atoms with van der Waals surface area (Å²) in [4.78, 5) is 39.2. The molecule has 1 aromatic heterocycles. The van der Waals surface area contributed by atoms with Crippen molar-refractivity contribution in [2.75, 3.05) is 22.1 Å². The maximum absolute atomic E-state index is 12.5. The van der Waals surface area contributed by atoms with Crippen LogP contribution in [-0.2, 0) is 4.74 Å². The number of cyclic esters (lactones) is 1. The Bertz CT molecular complexity index is 1140. The monoisotopic (exact) mass is 446 g/mol. The number of aryl methyl sites for hydroxylation is 1. The molecule has 0 spiro atoms. The van der Waals surface area contributed by atoms with Crippen LogP contribution in [0.15, 0.2) is 54.6 Å². The molecule has 1 saturated heterocycles. The molecular weight excluding hydrogens is 420 g/mol. The number of aromatic nitrogens is 3. The summed E-state index contributed by atoms with van der Waals surface area (Å²) < 4.78 is 5.16. The molecule has 0 radical (unpaired) electrons. The highest BCUT2D eigenvalue weighted by molar-refractivity contribution is 6.04. The fourth-order valence-electron chi connectivity index (χ4n) is 3.57. The van der Waals surface area contributed by atoms with Gasteiger partial charge >= 0.3 is 6.09 Å². The van der Waals surface area contributed by atoms with Crippen molar-refractivity contribution in [2.24, 2.45) is 0 Å². The number of hydrogen-bond acceptors (Lipinski definition) is 7. The first-order valence-electron chi connectivity index (χ1n) is 10.9. The van der Waals surface area contributed by atoms with Crippen LogP contribution in [0, 0.1) is 6.92 Å². The molecule has 1 unspecified atom stereocenters. The Hall–Kier alpha value is -4.01. The fourth-order valence-corrected chi connectivity index (χ4v) is 3.57. The number of ether oxygens (including phenoxy) is 1. The molecule has 1 aliphatic rings. The number of carbonyl (C=O) groups excluding carboxylic acids is 2. The maximum atomic E-state index is 12.5. The Balaban J connectivity index is 1.46. The first kappa shape index (κ1) is 22.2. The second-order valence-corrected chi connectivity index (χ2v) is 7.82. The second-order valence-electron chi connectivity index (χ2n) is 7.82. The highest BCUT2D eigenvalue weighted by Gasteiger charge is 2.35. The first-order valence-corrected chi connectivity index (χ1v) is 10.9. The van der Waals surface area contributed by atoms with Crippen LogP contribution in [0.5, 0.6) is 0 Å². The summed E-state index contributed by atoms with van der Waals surface area (Å²) in [7, 11) is 0. The number of rotatable bonds is 7. The third kappa shape index (κ3) is 5.08. The summed E-state index contributed by atoms with van der Waals surface area (Å²) in [6, 6.07) is 16.4. The highest BCUT2D eigenvalue weighted by Crippen LogP contribution is 2.24.